The fourth-order valence-electron chi connectivity index (χ4n) is 3.93. The summed E-state index contributed by atoms with van der Waals surface area (Å²) in [6.07, 6.45) is 29.1. The third-order valence-corrected chi connectivity index (χ3v) is 9.76. The lowest BCUT2D eigenvalue weighted by Gasteiger charge is -2.18. The molecular formula is C27H56O2P2. The standard InChI is InChI=1S/C24H51OP.C3H5OP/c1-4-7-10-13-16-19-22-26(25,23-20-17-14-11-8-5-2)24-21-18-15-12-9-6-3;1-2-3-5-4/h4-24H2,1-3H3;2H,1,3H2. The largest absolute Gasteiger partial charge is 0.324 e. The lowest BCUT2D eigenvalue weighted by Crippen LogP contribution is -2.02. The molecule has 0 aromatic carbocycles. The second-order valence-corrected chi connectivity index (χ2v) is 13.2. The Balaban J connectivity index is 0. The number of hydrogen-bond donors (Lipinski definition) is 0. The number of unbranched alkanes of at least 4 members (excludes halogenated alkanes) is 15. The first-order chi connectivity index (χ1) is 15.1. The monoisotopic (exact) mass is 474 g/mol. The maximum absolute atomic E-state index is 13.5. The van der Waals surface area contributed by atoms with Gasteiger partial charge >= 0.3 is 0 Å². The minimum absolute atomic E-state index is 0.162. The topological polar surface area (TPSA) is 34.1 Å². The Morgan fingerprint density at radius 2 is 0.871 bits per heavy atom. The van der Waals surface area contributed by atoms with Crippen LogP contribution in [-0.2, 0) is 9.13 Å². The summed E-state index contributed by atoms with van der Waals surface area (Å²) in [4.78, 5) is 0. The number of allylic oxidation sites excluding steroid dienone is 1. The molecule has 0 unspecified atom stereocenters. The van der Waals surface area contributed by atoms with E-state index >= 15 is 0 Å². The zero-order chi connectivity index (χ0) is 23.5. The van der Waals surface area contributed by atoms with E-state index in [1.165, 1.54) is 116 Å². The van der Waals surface area contributed by atoms with Gasteiger partial charge in [0.2, 0.25) is 0 Å². The summed E-state index contributed by atoms with van der Waals surface area (Å²) in [7, 11) is -1.72. The lowest BCUT2D eigenvalue weighted by atomic mass is 10.1. The molecule has 0 amide bonds. The minimum Gasteiger partial charge on any atom is -0.324 e. The molecule has 0 aliphatic heterocycles. The summed E-state index contributed by atoms with van der Waals surface area (Å²) in [6.45, 7) is 10.2. The summed E-state index contributed by atoms with van der Waals surface area (Å²) in [5, 5.41) is 0. The Morgan fingerprint density at radius 1 is 0.581 bits per heavy atom. The van der Waals surface area contributed by atoms with Crippen molar-refractivity contribution in [3.05, 3.63) is 12.7 Å². The van der Waals surface area contributed by atoms with Crippen molar-refractivity contribution in [1.29, 1.82) is 0 Å². The molecule has 0 aromatic rings. The highest BCUT2D eigenvalue weighted by molar-refractivity contribution is 7.63. The van der Waals surface area contributed by atoms with Crippen LogP contribution < -0.4 is 0 Å². The average molecular weight is 475 g/mol. The number of hydrogen-bond acceptors (Lipinski definition) is 2. The van der Waals surface area contributed by atoms with E-state index in [1.807, 2.05) is 0 Å². The van der Waals surface area contributed by atoms with E-state index < -0.39 is 7.14 Å². The zero-order valence-electron chi connectivity index (χ0n) is 21.6. The molecule has 0 radical (unpaired) electrons. The Hall–Kier alpha value is 0.0700. The predicted octanol–water partition coefficient (Wildman–Crippen LogP) is 10.9. The third kappa shape index (κ3) is 28.0. The molecule has 0 N–H and O–H groups in total. The van der Waals surface area contributed by atoms with Crippen LogP contribution in [0, 0.1) is 0 Å². The summed E-state index contributed by atoms with van der Waals surface area (Å²) in [5.41, 5.74) is 0. The van der Waals surface area contributed by atoms with Crippen molar-refractivity contribution < 1.29 is 9.13 Å². The Morgan fingerprint density at radius 3 is 1.10 bits per heavy atom. The minimum atomic E-state index is -1.89. The molecule has 31 heavy (non-hydrogen) atoms. The molecule has 0 aliphatic carbocycles. The van der Waals surface area contributed by atoms with Gasteiger partial charge in [-0.25, -0.2) is 0 Å². The smallest absolute Gasteiger partial charge is 0.159 e. The highest BCUT2D eigenvalue weighted by atomic mass is 31.2. The Bertz CT molecular complexity index is 356. The second kappa shape index (κ2) is 28.1. The molecule has 0 rings (SSSR count). The normalized spacial score (nSPS) is 11.3. The molecule has 186 valence electrons. The zero-order valence-corrected chi connectivity index (χ0v) is 23.3. The van der Waals surface area contributed by atoms with Gasteiger partial charge in [-0.1, -0.05) is 123 Å². The fourth-order valence-corrected chi connectivity index (χ4v) is 7.10. The molecule has 0 bridgehead atoms. The molecule has 0 aromatic heterocycles. The summed E-state index contributed by atoms with van der Waals surface area (Å²) >= 11 is 0. The van der Waals surface area contributed by atoms with E-state index in [2.05, 4.69) is 27.4 Å². The third-order valence-electron chi connectivity index (χ3n) is 5.96. The summed E-state index contributed by atoms with van der Waals surface area (Å²) in [6, 6.07) is 0. The van der Waals surface area contributed by atoms with Crippen LogP contribution in [0.25, 0.3) is 0 Å². The van der Waals surface area contributed by atoms with Crippen molar-refractivity contribution in [2.24, 2.45) is 0 Å². The van der Waals surface area contributed by atoms with E-state index in [0.29, 0.717) is 6.16 Å². The first kappa shape index (κ1) is 33.2. The quantitative estimate of drug-likeness (QED) is 0.0838. The van der Waals surface area contributed by atoms with Crippen LogP contribution in [0.4, 0.5) is 0 Å². The van der Waals surface area contributed by atoms with Crippen molar-refractivity contribution in [3.63, 3.8) is 0 Å². The SMILES string of the molecule is C=CCP=O.CCCCCCCCP(=O)(CCCCCCCC)CCCCCCCC. The van der Waals surface area contributed by atoms with Crippen molar-refractivity contribution in [1.82, 2.24) is 0 Å². The molecule has 0 saturated heterocycles. The van der Waals surface area contributed by atoms with Crippen molar-refractivity contribution >= 4 is 15.6 Å². The Labute approximate surface area is 198 Å². The first-order valence-electron chi connectivity index (χ1n) is 13.6. The van der Waals surface area contributed by atoms with Gasteiger partial charge in [0.25, 0.3) is 0 Å². The van der Waals surface area contributed by atoms with Gasteiger partial charge in [0.1, 0.15) is 0 Å². The molecule has 4 heteroatoms. The first-order valence-corrected chi connectivity index (χ1v) is 16.8. The molecular weight excluding hydrogens is 418 g/mol. The highest BCUT2D eigenvalue weighted by Gasteiger charge is 2.20. The van der Waals surface area contributed by atoms with Gasteiger partial charge in [-0.15, -0.1) is 6.58 Å². The van der Waals surface area contributed by atoms with E-state index in [4.69, 9.17) is 0 Å². The van der Waals surface area contributed by atoms with E-state index in [0.717, 1.165) is 18.5 Å². The fraction of sp³-hybridized carbons (Fsp3) is 0.926. The van der Waals surface area contributed by atoms with Gasteiger partial charge in [0.05, 0.1) is 7.14 Å². The van der Waals surface area contributed by atoms with Crippen LogP contribution in [0.5, 0.6) is 0 Å². The van der Waals surface area contributed by atoms with Crippen LogP contribution in [0.15, 0.2) is 12.7 Å². The average Bonchev–Trinajstić information content (AvgIpc) is 2.77. The number of rotatable bonds is 23. The molecule has 0 heterocycles. The van der Waals surface area contributed by atoms with Gasteiger partial charge in [0, 0.05) is 24.6 Å². The molecule has 0 aliphatic rings. The highest BCUT2D eigenvalue weighted by Crippen LogP contribution is 2.48. The van der Waals surface area contributed by atoms with Gasteiger partial charge in [-0.2, -0.15) is 0 Å². The van der Waals surface area contributed by atoms with Crippen LogP contribution >= 0.6 is 15.6 Å². The molecule has 0 spiro atoms. The molecule has 0 fully saturated rings. The van der Waals surface area contributed by atoms with Gasteiger partial charge in [-0.3, -0.25) is 4.57 Å². The lowest BCUT2D eigenvalue weighted by molar-refractivity contribution is 0.555. The summed E-state index contributed by atoms with van der Waals surface area (Å²) in [5.74, 6) is 0. The van der Waals surface area contributed by atoms with Crippen LogP contribution in [-0.4, -0.2) is 24.6 Å². The molecule has 2 nitrogen and oxygen atoms in total. The van der Waals surface area contributed by atoms with Crippen LogP contribution in [0.1, 0.15) is 136 Å². The summed E-state index contributed by atoms with van der Waals surface area (Å²) < 4.78 is 22.9. The van der Waals surface area contributed by atoms with Crippen LogP contribution in [0.2, 0.25) is 0 Å². The molecule has 0 atom stereocenters. The van der Waals surface area contributed by atoms with E-state index in [-0.39, 0.29) is 8.46 Å². The maximum atomic E-state index is 13.5. The van der Waals surface area contributed by atoms with Crippen molar-refractivity contribution in [2.75, 3.05) is 24.6 Å². The second-order valence-electron chi connectivity index (χ2n) is 9.13. The molecule has 0 saturated carbocycles. The van der Waals surface area contributed by atoms with E-state index in [1.54, 1.807) is 6.08 Å². The van der Waals surface area contributed by atoms with Gasteiger partial charge < -0.3 is 4.57 Å². The van der Waals surface area contributed by atoms with Gasteiger partial charge in [0.15, 0.2) is 8.46 Å². The Kier molecular flexibility index (Phi) is 30.1. The van der Waals surface area contributed by atoms with Gasteiger partial charge in [-0.05, 0) is 19.3 Å². The van der Waals surface area contributed by atoms with E-state index in [9.17, 15) is 9.13 Å². The predicted molar refractivity (Wildman–Crippen MR) is 145 cm³/mol. The maximum Gasteiger partial charge on any atom is 0.159 e. The van der Waals surface area contributed by atoms with Crippen molar-refractivity contribution in [3.8, 4) is 0 Å². The van der Waals surface area contributed by atoms with Crippen LogP contribution in [0.3, 0.4) is 0 Å². The van der Waals surface area contributed by atoms with Crippen molar-refractivity contribution in [2.45, 2.75) is 136 Å².